The van der Waals surface area contributed by atoms with Gasteiger partial charge in [-0.25, -0.2) is 4.79 Å². The lowest BCUT2D eigenvalue weighted by Crippen LogP contribution is -2.51. The number of furan rings is 1. The molecule has 1 fully saturated rings. The Kier molecular flexibility index (Phi) is 4.74. The van der Waals surface area contributed by atoms with E-state index in [1.165, 1.54) is 12.2 Å². The van der Waals surface area contributed by atoms with Gasteiger partial charge in [-0.15, -0.1) is 0 Å². The lowest BCUT2D eigenvalue weighted by Gasteiger charge is -2.12. The van der Waals surface area contributed by atoms with Crippen molar-refractivity contribution in [2.24, 2.45) is 0 Å². The van der Waals surface area contributed by atoms with Crippen LogP contribution in [-0.4, -0.2) is 17.8 Å². The van der Waals surface area contributed by atoms with Crippen molar-refractivity contribution in [2.75, 3.05) is 0 Å². The van der Waals surface area contributed by atoms with Crippen LogP contribution < -0.4 is 10.6 Å². The molecule has 0 bridgehead atoms. The minimum Gasteiger partial charge on any atom is -0.457 e. The number of benzene rings is 1. The lowest BCUT2D eigenvalue weighted by atomic mass is 10.2. The van der Waals surface area contributed by atoms with Crippen LogP contribution >= 0.6 is 23.2 Å². The van der Waals surface area contributed by atoms with Gasteiger partial charge in [0.1, 0.15) is 17.1 Å². The van der Waals surface area contributed by atoms with E-state index >= 15 is 0 Å². The van der Waals surface area contributed by atoms with Crippen LogP contribution in [0.2, 0.25) is 10.0 Å². The van der Waals surface area contributed by atoms with Gasteiger partial charge in [-0.1, -0.05) is 29.3 Å². The van der Waals surface area contributed by atoms with Crippen LogP contribution in [0.4, 0.5) is 4.79 Å². The molecule has 0 spiro atoms. The number of amides is 4. The van der Waals surface area contributed by atoms with E-state index in [1.807, 2.05) is 10.6 Å². The second-order valence-corrected chi connectivity index (χ2v) is 5.85. The quantitative estimate of drug-likeness (QED) is 0.633. The molecule has 1 aliphatic rings. The average molecular weight is 377 g/mol. The molecule has 25 heavy (non-hydrogen) atoms. The fraction of sp³-hybridized carbons (Fsp3) is 0. The molecule has 3 rings (SSSR count). The van der Waals surface area contributed by atoms with Gasteiger partial charge in [-0.05, 0) is 42.5 Å². The van der Waals surface area contributed by atoms with Crippen LogP contribution in [0.3, 0.4) is 0 Å². The number of rotatable bonds is 3. The number of urea groups is 1. The van der Waals surface area contributed by atoms with E-state index in [1.54, 1.807) is 36.4 Å². The molecule has 0 saturated carbocycles. The van der Waals surface area contributed by atoms with Crippen molar-refractivity contribution in [3.63, 3.8) is 0 Å². The van der Waals surface area contributed by atoms with Crippen molar-refractivity contribution in [1.82, 2.24) is 10.6 Å². The van der Waals surface area contributed by atoms with Gasteiger partial charge in [0.2, 0.25) is 0 Å². The maximum absolute atomic E-state index is 11.6. The molecule has 2 heterocycles. The van der Waals surface area contributed by atoms with Crippen molar-refractivity contribution in [2.45, 2.75) is 0 Å². The molecule has 1 saturated heterocycles. The molecule has 0 atom stereocenters. The van der Waals surface area contributed by atoms with Crippen LogP contribution in [0.1, 0.15) is 5.76 Å². The number of hydrogen-bond acceptors (Lipinski definition) is 4. The van der Waals surface area contributed by atoms with Crippen molar-refractivity contribution >= 4 is 47.1 Å². The lowest BCUT2D eigenvalue weighted by molar-refractivity contribution is -0.124. The molecule has 0 unspecified atom stereocenters. The summed E-state index contributed by atoms with van der Waals surface area (Å²) in [7, 11) is 0. The van der Waals surface area contributed by atoms with Gasteiger partial charge in [0.25, 0.3) is 11.8 Å². The number of carbonyl (C=O) groups is 3. The van der Waals surface area contributed by atoms with Crippen LogP contribution in [0.25, 0.3) is 17.4 Å². The number of hydrogen-bond donors (Lipinski definition) is 2. The molecule has 2 aromatic rings. The van der Waals surface area contributed by atoms with Gasteiger partial charge < -0.3 is 4.42 Å². The van der Waals surface area contributed by atoms with E-state index in [2.05, 4.69) is 0 Å². The van der Waals surface area contributed by atoms with Gasteiger partial charge in [-0.2, -0.15) is 0 Å². The zero-order valence-electron chi connectivity index (χ0n) is 12.5. The van der Waals surface area contributed by atoms with Gasteiger partial charge in [0, 0.05) is 10.6 Å². The first-order chi connectivity index (χ1) is 11.9. The SMILES string of the molecule is O=C1NC(=O)C(=C/C=C/c2ccc(-c3cc(Cl)ccc3Cl)o2)C(=O)N1. The molecule has 0 radical (unpaired) electrons. The minimum absolute atomic E-state index is 0.180. The molecular formula is C17H10Cl2N2O4. The van der Waals surface area contributed by atoms with Crippen molar-refractivity contribution in [1.29, 1.82) is 0 Å². The maximum atomic E-state index is 11.6. The summed E-state index contributed by atoms with van der Waals surface area (Å²) in [6, 6.07) is 7.61. The maximum Gasteiger partial charge on any atom is 0.328 e. The molecule has 1 aliphatic heterocycles. The van der Waals surface area contributed by atoms with Gasteiger partial charge in [-0.3, -0.25) is 20.2 Å². The molecule has 126 valence electrons. The fourth-order valence-corrected chi connectivity index (χ4v) is 2.52. The molecule has 8 heteroatoms. The summed E-state index contributed by atoms with van der Waals surface area (Å²) in [6.07, 6.45) is 4.31. The Morgan fingerprint density at radius 2 is 1.68 bits per heavy atom. The Bertz CT molecular complexity index is 922. The number of carbonyl (C=O) groups excluding carboxylic acids is 3. The van der Waals surface area contributed by atoms with Crippen molar-refractivity contribution < 1.29 is 18.8 Å². The predicted molar refractivity (Wildman–Crippen MR) is 93.0 cm³/mol. The minimum atomic E-state index is -0.842. The third kappa shape index (κ3) is 3.81. The molecule has 1 aromatic carbocycles. The number of allylic oxidation sites excluding steroid dienone is 2. The van der Waals surface area contributed by atoms with E-state index in [0.29, 0.717) is 27.1 Å². The second kappa shape index (κ2) is 6.96. The van der Waals surface area contributed by atoms with Gasteiger partial charge in [0.05, 0.1) is 5.02 Å². The Balaban J connectivity index is 1.79. The number of nitrogens with one attached hydrogen (secondary N) is 2. The molecule has 1 aromatic heterocycles. The monoisotopic (exact) mass is 376 g/mol. The second-order valence-electron chi connectivity index (χ2n) is 5.00. The Labute approximate surface area is 152 Å². The first kappa shape index (κ1) is 17.0. The Morgan fingerprint density at radius 3 is 2.40 bits per heavy atom. The van der Waals surface area contributed by atoms with Crippen LogP contribution in [0.5, 0.6) is 0 Å². The zero-order valence-corrected chi connectivity index (χ0v) is 14.0. The van der Waals surface area contributed by atoms with Crippen LogP contribution in [0.15, 0.2) is 52.5 Å². The third-order valence-electron chi connectivity index (χ3n) is 3.29. The first-order valence-corrected chi connectivity index (χ1v) is 7.80. The zero-order chi connectivity index (χ0) is 18.0. The Hall–Kier alpha value is -2.83. The van der Waals surface area contributed by atoms with Crippen molar-refractivity contribution in [3.05, 3.63) is 63.9 Å². The van der Waals surface area contributed by atoms with Crippen LogP contribution in [-0.2, 0) is 9.59 Å². The average Bonchev–Trinajstić information content (AvgIpc) is 3.01. The van der Waals surface area contributed by atoms with E-state index in [0.717, 1.165) is 0 Å². The number of imide groups is 2. The van der Waals surface area contributed by atoms with Gasteiger partial charge in [0.15, 0.2) is 0 Å². The highest BCUT2D eigenvalue weighted by atomic mass is 35.5. The molecule has 4 amide bonds. The molecule has 2 N–H and O–H groups in total. The highest BCUT2D eigenvalue weighted by Gasteiger charge is 2.26. The number of barbiturate groups is 1. The van der Waals surface area contributed by atoms with E-state index in [4.69, 9.17) is 27.6 Å². The molecule has 0 aliphatic carbocycles. The highest BCUT2D eigenvalue weighted by molar-refractivity contribution is 6.35. The van der Waals surface area contributed by atoms with E-state index < -0.39 is 17.8 Å². The normalized spacial score (nSPS) is 14.6. The highest BCUT2D eigenvalue weighted by Crippen LogP contribution is 2.32. The summed E-state index contributed by atoms with van der Waals surface area (Å²) >= 11 is 12.1. The summed E-state index contributed by atoms with van der Waals surface area (Å²) in [5, 5.41) is 4.99. The van der Waals surface area contributed by atoms with Crippen LogP contribution in [0, 0.1) is 0 Å². The molecule has 6 nitrogen and oxygen atoms in total. The smallest absolute Gasteiger partial charge is 0.328 e. The topological polar surface area (TPSA) is 88.4 Å². The first-order valence-electron chi connectivity index (χ1n) is 7.04. The van der Waals surface area contributed by atoms with E-state index in [9.17, 15) is 14.4 Å². The van der Waals surface area contributed by atoms with Gasteiger partial charge >= 0.3 is 6.03 Å². The summed E-state index contributed by atoms with van der Waals surface area (Å²) in [5.74, 6) is -0.511. The molecular weight excluding hydrogens is 367 g/mol. The standard InChI is InChI=1S/C17H10Cl2N2O4/c18-9-4-6-13(19)12(8-9)14-7-5-10(25-14)2-1-3-11-15(22)20-17(24)21-16(11)23/h1-8H,(H2,20,21,22,23,24)/b2-1+. The largest absolute Gasteiger partial charge is 0.457 e. The third-order valence-corrected chi connectivity index (χ3v) is 3.85. The Morgan fingerprint density at radius 1 is 0.960 bits per heavy atom. The number of halogens is 2. The predicted octanol–water partition coefficient (Wildman–Crippen LogP) is 3.56. The summed E-state index contributed by atoms with van der Waals surface area (Å²) in [6.45, 7) is 0. The summed E-state index contributed by atoms with van der Waals surface area (Å²) in [5.41, 5.74) is 0.470. The van der Waals surface area contributed by atoms with E-state index in [-0.39, 0.29) is 5.57 Å². The van der Waals surface area contributed by atoms with Crippen molar-refractivity contribution in [3.8, 4) is 11.3 Å². The summed E-state index contributed by atoms with van der Waals surface area (Å²) < 4.78 is 5.65. The summed E-state index contributed by atoms with van der Waals surface area (Å²) in [4.78, 5) is 34.1. The fourth-order valence-electron chi connectivity index (χ4n) is 2.14.